The maximum atomic E-state index is 12.3. The molecule has 0 bridgehead atoms. The van der Waals surface area contributed by atoms with Crippen LogP contribution < -0.4 is 10.2 Å². The maximum Gasteiger partial charge on any atom is 0.253 e. The topological polar surface area (TPSA) is 58.1 Å². The number of nitrogens with one attached hydrogen (secondary N) is 1. The first-order chi connectivity index (χ1) is 10.6. The molecule has 0 spiro atoms. The van der Waals surface area contributed by atoms with Crippen molar-refractivity contribution >= 4 is 51.0 Å². The van der Waals surface area contributed by atoms with E-state index >= 15 is 0 Å². The fraction of sp³-hybridized carbons (Fsp3) is 0.357. The highest BCUT2D eigenvalue weighted by molar-refractivity contribution is 9.10. The van der Waals surface area contributed by atoms with E-state index in [-0.39, 0.29) is 11.9 Å². The Hall–Kier alpha value is -1.18. The van der Waals surface area contributed by atoms with Gasteiger partial charge in [-0.05, 0) is 31.0 Å². The summed E-state index contributed by atoms with van der Waals surface area (Å²) in [5, 5.41) is 3.53. The standard InChI is InChI=1S/C14H14BrClN4OS/c15-9-1-2-12(16)11(7-9)14(21)18-10-3-5-20(6-4-10)13-8-17-22-19-13/h1-2,7-8,10H,3-6H2,(H,18,21). The highest BCUT2D eigenvalue weighted by atomic mass is 79.9. The molecule has 0 unspecified atom stereocenters. The van der Waals surface area contributed by atoms with Crippen LogP contribution in [0.4, 0.5) is 5.82 Å². The Balaban J connectivity index is 1.58. The first-order valence-electron chi connectivity index (χ1n) is 6.92. The monoisotopic (exact) mass is 400 g/mol. The number of carbonyl (C=O) groups is 1. The third-order valence-corrected chi connectivity index (χ3v) is 4.97. The Labute approximate surface area is 146 Å². The molecule has 0 radical (unpaired) electrons. The van der Waals surface area contributed by atoms with Crippen molar-refractivity contribution < 1.29 is 4.79 Å². The third-order valence-electron chi connectivity index (χ3n) is 3.68. The lowest BCUT2D eigenvalue weighted by Gasteiger charge is -2.32. The minimum atomic E-state index is -0.125. The number of carbonyl (C=O) groups excluding carboxylic acids is 1. The number of halogens is 2. The van der Waals surface area contributed by atoms with Crippen LogP contribution in [0, 0.1) is 0 Å². The van der Waals surface area contributed by atoms with Gasteiger partial charge in [0.25, 0.3) is 5.91 Å². The molecule has 1 aliphatic rings. The van der Waals surface area contributed by atoms with Gasteiger partial charge in [-0.2, -0.15) is 8.75 Å². The highest BCUT2D eigenvalue weighted by Crippen LogP contribution is 2.22. The van der Waals surface area contributed by atoms with Crippen LogP contribution in [0.2, 0.25) is 5.02 Å². The van der Waals surface area contributed by atoms with Crippen LogP contribution in [0.25, 0.3) is 0 Å². The van der Waals surface area contributed by atoms with E-state index in [9.17, 15) is 4.79 Å². The molecule has 2 heterocycles. The van der Waals surface area contributed by atoms with E-state index < -0.39 is 0 Å². The normalized spacial score (nSPS) is 15.8. The second kappa shape index (κ2) is 6.93. The fourth-order valence-corrected chi connectivity index (χ4v) is 3.49. The van der Waals surface area contributed by atoms with Gasteiger partial charge in [-0.15, -0.1) is 0 Å². The number of amides is 1. The number of rotatable bonds is 3. The zero-order valence-electron chi connectivity index (χ0n) is 11.6. The molecule has 3 rings (SSSR count). The molecule has 1 amide bonds. The van der Waals surface area contributed by atoms with Crippen LogP contribution in [-0.2, 0) is 0 Å². The van der Waals surface area contributed by atoms with Crippen molar-refractivity contribution in [3.63, 3.8) is 0 Å². The summed E-state index contributed by atoms with van der Waals surface area (Å²) in [6.45, 7) is 1.73. The Kier molecular flexibility index (Phi) is 4.95. The molecule has 116 valence electrons. The summed E-state index contributed by atoms with van der Waals surface area (Å²) in [6, 6.07) is 5.44. The second-order valence-electron chi connectivity index (χ2n) is 5.12. The number of aromatic nitrogens is 2. The summed E-state index contributed by atoms with van der Waals surface area (Å²) in [7, 11) is 0. The van der Waals surface area contributed by atoms with Crippen LogP contribution in [-0.4, -0.2) is 33.8 Å². The first-order valence-corrected chi connectivity index (χ1v) is 8.82. The molecule has 22 heavy (non-hydrogen) atoms. The van der Waals surface area contributed by atoms with Crippen molar-refractivity contribution in [3.05, 3.63) is 39.5 Å². The van der Waals surface area contributed by atoms with Gasteiger partial charge in [-0.3, -0.25) is 4.79 Å². The lowest BCUT2D eigenvalue weighted by Crippen LogP contribution is -2.44. The summed E-state index contributed by atoms with van der Waals surface area (Å²) >= 11 is 10.7. The smallest absolute Gasteiger partial charge is 0.253 e. The molecule has 1 saturated heterocycles. The van der Waals surface area contributed by atoms with Crippen molar-refractivity contribution in [3.8, 4) is 0 Å². The Morgan fingerprint density at radius 3 is 2.86 bits per heavy atom. The summed E-state index contributed by atoms with van der Waals surface area (Å²) in [4.78, 5) is 14.5. The summed E-state index contributed by atoms with van der Waals surface area (Å²) in [5.74, 6) is 0.796. The first kappa shape index (κ1) is 15.7. The lowest BCUT2D eigenvalue weighted by molar-refractivity contribution is 0.0931. The zero-order valence-corrected chi connectivity index (χ0v) is 14.8. The molecule has 2 aromatic rings. The minimum Gasteiger partial charge on any atom is -0.354 e. The van der Waals surface area contributed by atoms with Gasteiger partial charge in [0.1, 0.15) is 0 Å². The Morgan fingerprint density at radius 1 is 1.41 bits per heavy atom. The molecule has 1 fully saturated rings. The van der Waals surface area contributed by atoms with Crippen molar-refractivity contribution in [1.29, 1.82) is 0 Å². The number of hydrogen-bond acceptors (Lipinski definition) is 5. The molecule has 8 heteroatoms. The zero-order chi connectivity index (χ0) is 15.5. The Morgan fingerprint density at radius 2 is 2.18 bits per heavy atom. The Bertz CT molecular complexity index is 659. The molecule has 1 N–H and O–H groups in total. The molecule has 0 saturated carbocycles. The van der Waals surface area contributed by atoms with Gasteiger partial charge >= 0.3 is 0 Å². The lowest BCUT2D eigenvalue weighted by atomic mass is 10.0. The highest BCUT2D eigenvalue weighted by Gasteiger charge is 2.23. The summed E-state index contributed by atoms with van der Waals surface area (Å²) < 4.78 is 9.10. The minimum absolute atomic E-state index is 0.125. The molecule has 1 aromatic heterocycles. The van der Waals surface area contributed by atoms with Gasteiger partial charge in [0.15, 0.2) is 5.82 Å². The predicted molar refractivity (Wildman–Crippen MR) is 91.8 cm³/mol. The van der Waals surface area contributed by atoms with Crippen molar-refractivity contribution in [2.75, 3.05) is 18.0 Å². The van der Waals surface area contributed by atoms with E-state index in [4.69, 9.17) is 11.6 Å². The van der Waals surface area contributed by atoms with E-state index in [1.165, 1.54) is 11.7 Å². The number of hydrogen-bond donors (Lipinski definition) is 1. The largest absolute Gasteiger partial charge is 0.354 e. The van der Waals surface area contributed by atoms with Crippen molar-refractivity contribution in [2.45, 2.75) is 18.9 Å². The van der Waals surface area contributed by atoms with Crippen LogP contribution >= 0.6 is 39.3 Å². The van der Waals surface area contributed by atoms with Gasteiger partial charge in [0.05, 0.1) is 28.5 Å². The van der Waals surface area contributed by atoms with E-state index in [0.29, 0.717) is 10.6 Å². The molecular weight excluding hydrogens is 388 g/mol. The van der Waals surface area contributed by atoms with Crippen LogP contribution in [0.5, 0.6) is 0 Å². The summed E-state index contributed by atoms with van der Waals surface area (Å²) in [6.07, 6.45) is 3.55. The van der Waals surface area contributed by atoms with Gasteiger partial charge in [0.2, 0.25) is 0 Å². The van der Waals surface area contributed by atoms with Gasteiger partial charge in [-0.25, -0.2) is 0 Å². The van der Waals surface area contributed by atoms with E-state index in [1.807, 2.05) is 6.07 Å². The molecule has 5 nitrogen and oxygen atoms in total. The number of piperidine rings is 1. The second-order valence-corrected chi connectivity index (χ2v) is 7.00. The molecule has 0 aliphatic carbocycles. The number of benzene rings is 1. The number of nitrogens with zero attached hydrogens (tertiary/aromatic N) is 3. The van der Waals surface area contributed by atoms with Gasteiger partial charge < -0.3 is 10.2 Å². The average molecular weight is 402 g/mol. The fourth-order valence-electron chi connectivity index (χ4n) is 2.49. The third kappa shape index (κ3) is 3.59. The molecule has 1 aromatic carbocycles. The van der Waals surface area contributed by atoms with Gasteiger partial charge in [-0.1, -0.05) is 27.5 Å². The van der Waals surface area contributed by atoms with Crippen LogP contribution in [0.15, 0.2) is 28.9 Å². The predicted octanol–water partition coefficient (Wildman–Crippen LogP) is 3.35. The van der Waals surface area contributed by atoms with Crippen molar-refractivity contribution in [1.82, 2.24) is 14.1 Å². The molecule has 1 aliphatic heterocycles. The average Bonchev–Trinajstić information content (AvgIpc) is 3.05. The van der Waals surface area contributed by atoms with E-state index in [2.05, 4.69) is 34.9 Å². The maximum absolute atomic E-state index is 12.3. The summed E-state index contributed by atoms with van der Waals surface area (Å²) in [5.41, 5.74) is 0.502. The quantitative estimate of drug-likeness (QED) is 0.857. The van der Waals surface area contributed by atoms with Crippen LogP contribution in [0.3, 0.4) is 0 Å². The van der Waals surface area contributed by atoms with E-state index in [1.54, 1.807) is 18.3 Å². The van der Waals surface area contributed by atoms with Crippen molar-refractivity contribution in [2.24, 2.45) is 0 Å². The molecular formula is C14H14BrClN4OS. The number of anilines is 1. The SMILES string of the molecule is O=C(NC1CCN(c2cnsn2)CC1)c1cc(Br)ccc1Cl. The molecule has 0 atom stereocenters. The van der Waals surface area contributed by atoms with E-state index in [0.717, 1.165) is 36.2 Å². The van der Waals surface area contributed by atoms with Gasteiger partial charge in [0, 0.05) is 23.6 Å². The van der Waals surface area contributed by atoms with Crippen LogP contribution in [0.1, 0.15) is 23.2 Å².